The van der Waals surface area contributed by atoms with Crippen molar-refractivity contribution < 1.29 is 9.90 Å². The van der Waals surface area contributed by atoms with Gasteiger partial charge in [-0.05, 0) is 53.1 Å². The van der Waals surface area contributed by atoms with Gasteiger partial charge < -0.3 is 10.8 Å². The van der Waals surface area contributed by atoms with E-state index in [-0.39, 0.29) is 0 Å². The molecular formula is C10H12INO2. The van der Waals surface area contributed by atoms with Gasteiger partial charge in [-0.15, -0.1) is 0 Å². The summed E-state index contributed by atoms with van der Waals surface area (Å²) in [4.78, 5) is 10.5. The highest BCUT2D eigenvalue weighted by molar-refractivity contribution is 14.1. The number of hydrogen-bond acceptors (Lipinski definition) is 2. The maximum atomic E-state index is 10.5. The number of aliphatic carboxylic acids is 1. The Labute approximate surface area is 96.4 Å². The summed E-state index contributed by atoms with van der Waals surface area (Å²) < 4.78 is 1.14. The van der Waals surface area contributed by atoms with Crippen molar-refractivity contribution in [1.29, 1.82) is 0 Å². The zero-order valence-corrected chi connectivity index (χ0v) is 9.98. The molecule has 0 saturated heterocycles. The van der Waals surface area contributed by atoms with Gasteiger partial charge in [-0.25, -0.2) is 0 Å². The molecule has 0 fully saturated rings. The van der Waals surface area contributed by atoms with Crippen molar-refractivity contribution in [1.82, 2.24) is 0 Å². The van der Waals surface area contributed by atoms with Crippen molar-refractivity contribution in [3.8, 4) is 0 Å². The highest BCUT2D eigenvalue weighted by Gasteiger charge is 2.12. The van der Waals surface area contributed by atoms with E-state index in [2.05, 4.69) is 22.6 Å². The predicted octanol–water partition coefficient (Wildman–Crippen LogP) is 1.55. The maximum absolute atomic E-state index is 10.5. The van der Waals surface area contributed by atoms with E-state index in [4.69, 9.17) is 10.8 Å². The average molecular weight is 305 g/mol. The Balaban J connectivity index is 2.78. The molecule has 1 aromatic rings. The standard InChI is InChI=1S/C10H12INO2/c1-6-2-3-7(4-8(6)11)5-9(12)10(13)14/h2-4,9H,5,12H2,1H3,(H,13,14). The second kappa shape index (κ2) is 4.75. The molecule has 3 N–H and O–H groups in total. The van der Waals surface area contributed by atoms with Gasteiger partial charge in [-0.1, -0.05) is 12.1 Å². The fraction of sp³-hybridized carbons (Fsp3) is 0.300. The monoisotopic (exact) mass is 305 g/mol. The molecule has 0 heterocycles. The van der Waals surface area contributed by atoms with E-state index in [1.165, 1.54) is 5.56 Å². The summed E-state index contributed by atoms with van der Waals surface area (Å²) in [6.45, 7) is 2.02. The number of nitrogens with two attached hydrogens (primary N) is 1. The molecule has 1 atom stereocenters. The summed E-state index contributed by atoms with van der Waals surface area (Å²) in [7, 11) is 0. The van der Waals surface area contributed by atoms with Gasteiger partial charge in [0, 0.05) is 3.57 Å². The first-order valence-corrected chi connectivity index (χ1v) is 5.32. The van der Waals surface area contributed by atoms with Gasteiger partial charge in [0.05, 0.1) is 0 Å². The van der Waals surface area contributed by atoms with Crippen LogP contribution >= 0.6 is 22.6 Å². The van der Waals surface area contributed by atoms with Crippen molar-refractivity contribution in [3.05, 3.63) is 32.9 Å². The van der Waals surface area contributed by atoms with Crippen LogP contribution in [0.25, 0.3) is 0 Å². The first-order valence-electron chi connectivity index (χ1n) is 4.24. The Kier molecular flexibility index (Phi) is 3.88. The molecule has 0 saturated carbocycles. The Morgan fingerprint density at radius 1 is 1.64 bits per heavy atom. The molecule has 0 radical (unpaired) electrons. The smallest absolute Gasteiger partial charge is 0.320 e. The Morgan fingerprint density at radius 3 is 2.79 bits per heavy atom. The summed E-state index contributed by atoms with van der Waals surface area (Å²) in [5.41, 5.74) is 7.59. The lowest BCUT2D eigenvalue weighted by Crippen LogP contribution is -2.32. The number of hydrogen-bond donors (Lipinski definition) is 2. The van der Waals surface area contributed by atoms with Crippen molar-refractivity contribution in [2.24, 2.45) is 5.73 Å². The number of carboxylic acids is 1. The highest BCUT2D eigenvalue weighted by Crippen LogP contribution is 2.14. The predicted molar refractivity (Wildman–Crippen MR) is 63.2 cm³/mol. The summed E-state index contributed by atoms with van der Waals surface area (Å²) in [5, 5.41) is 8.64. The lowest BCUT2D eigenvalue weighted by Gasteiger charge is -2.07. The number of aryl methyl sites for hydroxylation is 1. The summed E-state index contributed by atoms with van der Waals surface area (Å²) in [6.07, 6.45) is 0.381. The number of benzene rings is 1. The van der Waals surface area contributed by atoms with Gasteiger partial charge in [0.2, 0.25) is 0 Å². The van der Waals surface area contributed by atoms with E-state index in [1.807, 2.05) is 25.1 Å². The Morgan fingerprint density at radius 2 is 2.29 bits per heavy atom. The normalized spacial score (nSPS) is 12.5. The third kappa shape index (κ3) is 2.95. The molecule has 0 amide bonds. The summed E-state index contributed by atoms with van der Waals surface area (Å²) >= 11 is 2.23. The van der Waals surface area contributed by atoms with Crippen molar-refractivity contribution >= 4 is 28.6 Å². The number of carbonyl (C=O) groups is 1. The van der Waals surface area contributed by atoms with E-state index in [0.717, 1.165) is 9.13 Å². The van der Waals surface area contributed by atoms with E-state index in [9.17, 15) is 4.79 Å². The SMILES string of the molecule is Cc1ccc(CC(N)C(=O)O)cc1I. The van der Waals surface area contributed by atoms with Crippen LogP contribution in [0.15, 0.2) is 18.2 Å². The van der Waals surface area contributed by atoms with E-state index < -0.39 is 12.0 Å². The van der Waals surface area contributed by atoms with Crippen LogP contribution in [0.1, 0.15) is 11.1 Å². The number of halogens is 1. The van der Waals surface area contributed by atoms with Gasteiger partial charge in [-0.2, -0.15) is 0 Å². The molecule has 0 aromatic heterocycles. The molecule has 0 aliphatic carbocycles. The molecule has 0 bridgehead atoms. The van der Waals surface area contributed by atoms with Gasteiger partial charge in [0.25, 0.3) is 0 Å². The van der Waals surface area contributed by atoms with Gasteiger partial charge in [-0.3, -0.25) is 4.79 Å². The summed E-state index contributed by atoms with van der Waals surface area (Å²) in [6, 6.07) is 5.05. The van der Waals surface area contributed by atoms with Crippen LogP contribution in [0.3, 0.4) is 0 Å². The molecule has 14 heavy (non-hydrogen) atoms. The molecular weight excluding hydrogens is 293 g/mol. The van der Waals surface area contributed by atoms with Gasteiger partial charge >= 0.3 is 5.97 Å². The van der Waals surface area contributed by atoms with Crippen molar-refractivity contribution in [2.45, 2.75) is 19.4 Å². The maximum Gasteiger partial charge on any atom is 0.320 e. The molecule has 1 aromatic carbocycles. The second-order valence-electron chi connectivity index (χ2n) is 3.23. The molecule has 1 rings (SSSR count). The quantitative estimate of drug-likeness (QED) is 0.833. The van der Waals surface area contributed by atoms with Crippen LogP contribution in [0, 0.1) is 10.5 Å². The third-order valence-corrected chi connectivity index (χ3v) is 3.17. The second-order valence-corrected chi connectivity index (χ2v) is 4.39. The van der Waals surface area contributed by atoms with E-state index in [1.54, 1.807) is 0 Å². The van der Waals surface area contributed by atoms with Gasteiger partial charge in [0.15, 0.2) is 0 Å². The molecule has 76 valence electrons. The topological polar surface area (TPSA) is 63.3 Å². The molecule has 0 aliphatic rings. The van der Waals surface area contributed by atoms with Crippen LogP contribution in [0.2, 0.25) is 0 Å². The lowest BCUT2D eigenvalue weighted by atomic mass is 10.1. The largest absolute Gasteiger partial charge is 0.480 e. The summed E-state index contributed by atoms with van der Waals surface area (Å²) in [5.74, 6) is -0.958. The first-order chi connectivity index (χ1) is 6.50. The Hall–Kier alpha value is -0.620. The molecule has 0 spiro atoms. The van der Waals surface area contributed by atoms with Crippen LogP contribution < -0.4 is 5.73 Å². The minimum absolute atomic E-state index is 0.381. The van der Waals surface area contributed by atoms with Crippen molar-refractivity contribution in [3.63, 3.8) is 0 Å². The minimum Gasteiger partial charge on any atom is -0.480 e. The Bertz CT molecular complexity index is 352. The van der Waals surface area contributed by atoms with Crippen LogP contribution in [-0.4, -0.2) is 17.1 Å². The first kappa shape index (κ1) is 11.5. The van der Waals surface area contributed by atoms with E-state index >= 15 is 0 Å². The highest BCUT2D eigenvalue weighted by atomic mass is 127. The lowest BCUT2D eigenvalue weighted by molar-refractivity contribution is -0.138. The third-order valence-electron chi connectivity index (χ3n) is 2.01. The van der Waals surface area contributed by atoms with Crippen LogP contribution in [0.4, 0.5) is 0 Å². The van der Waals surface area contributed by atoms with E-state index in [0.29, 0.717) is 6.42 Å². The molecule has 4 heteroatoms. The average Bonchev–Trinajstić information content (AvgIpc) is 2.11. The van der Waals surface area contributed by atoms with Crippen LogP contribution in [0.5, 0.6) is 0 Å². The zero-order valence-electron chi connectivity index (χ0n) is 7.83. The zero-order chi connectivity index (χ0) is 10.7. The number of carboxylic acid groups (broad SMARTS) is 1. The van der Waals surface area contributed by atoms with Gasteiger partial charge in [0.1, 0.15) is 6.04 Å². The number of rotatable bonds is 3. The fourth-order valence-electron chi connectivity index (χ4n) is 1.10. The molecule has 0 aliphatic heterocycles. The van der Waals surface area contributed by atoms with Crippen molar-refractivity contribution in [2.75, 3.05) is 0 Å². The van der Waals surface area contributed by atoms with Crippen LogP contribution in [-0.2, 0) is 11.2 Å². The minimum atomic E-state index is -0.958. The fourth-order valence-corrected chi connectivity index (χ4v) is 1.68. The molecule has 3 nitrogen and oxygen atoms in total. The molecule has 1 unspecified atom stereocenters.